The maximum absolute atomic E-state index is 4.71. The van der Waals surface area contributed by atoms with Gasteiger partial charge >= 0.3 is 0 Å². The highest BCUT2D eigenvalue weighted by molar-refractivity contribution is 4.89. The van der Waals surface area contributed by atoms with Crippen molar-refractivity contribution in [1.82, 2.24) is 15.5 Å². The first-order valence-corrected chi connectivity index (χ1v) is 5.67. The molecule has 1 saturated carbocycles. The molecule has 4 heteroatoms. The van der Waals surface area contributed by atoms with Crippen LogP contribution >= 0.6 is 0 Å². The lowest BCUT2D eigenvalue weighted by Gasteiger charge is -2.39. The molecule has 0 saturated heterocycles. The first kappa shape index (κ1) is 10.6. The van der Waals surface area contributed by atoms with E-state index in [2.05, 4.69) is 29.3 Å². The molecule has 0 amide bonds. The largest absolute Gasteiger partial charge is 0.343 e. The van der Waals surface area contributed by atoms with Gasteiger partial charge in [0.2, 0.25) is 6.39 Å². The van der Waals surface area contributed by atoms with Gasteiger partial charge in [-0.25, -0.2) is 0 Å². The Kier molecular flexibility index (Phi) is 3.05. The van der Waals surface area contributed by atoms with Gasteiger partial charge in [-0.15, -0.1) is 0 Å². The number of aromatic nitrogens is 2. The van der Waals surface area contributed by atoms with Gasteiger partial charge in [-0.05, 0) is 18.3 Å². The van der Waals surface area contributed by atoms with E-state index >= 15 is 0 Å². The molecule has 1 aliphatic carbocycles. The van der Waals surface area contributed by atoms with Gasteiger partial charge in [-0.3, -0.25) is 0 Å². The molecule has 1 unspecified atom stereocenters. The first-order valence-electron chi connectivity index (χ1n) is 5.67. The molecule has 0 aromatic carbocycles. The molecule has 0 radical (unpaired) electrons. The number of hydrogen-bond acceptors (Lipinski definition) is 4. The van der Waals surface area contributed by atoms with Crippen molar-refractivity contribution in [2.45, 2.75) is 52.1 Å². The van der Waals surface area contributed by atoms with Crippen molar-refractivity contribution in [3.63, 3.8) is 0 Å². The Hall–Kier alpha value is -0.900. The van der Waals surface area contributed by atoms with Gasteiger partial charge in [0.15, 0.2) is 5.82 Å². The molecule has 1 atom stereocenters. The van der Waals surface area contributed by atoms with Crippen LogP contribution in [0.15, 0.2) is 10.9 Å². The van der Waals surface area contributed by atoms with Crippen LogP contribution in [0.25, 0.3) is 0 Å². The molecular weight excluding hydrogens is 190 g/mol. The molecule has 1 aromatic rings. The average Bonchev–Trinajstić information content (AvgIpc) is 2.68. The van der Waals surface area contributed by atoms with E-state index in [0.29, 0.717) is 18.0 Å². The summed E-state index contributed by atoms with van der Waals surface area (Å²) in [5.41, 5.74) is 0.391. The molecule has 1 aliphatic rings. The Morgan fingerprint density at radius 1 is 1.53 bits per heavy atom. The number of nitrogens with one attached hydrogen (secondary N) is 1. The van der Waals surface area contributed by atoms with E-state index in [1.807, 2.05) is 0 Å². The van der Waals surface area contributed by atoms with E-state index < -0.39 is 0 Å². The molecule has 2 rings (SSSR count). The minimum absolute atomic E-state index is 0.391. The van der Waals surface area contributed by atoms with Gasteiger partial charge in [0.05, 0.1) is 6.54 Å². The SMILES string of the molecule is CC1(C)CCCCC1NCc1ncon1. The van der Waals surface area contributed by atoms with Crippen molar-refractivity contribution in [2.24, 2.45) is 5.41 Å². The van der Waals surface area contributed by atoms with Crippen LogP contribution in [0.2, 0.25) is 0 Å². The second kappa shape index (κ2) is 4.31. The smallest absolute Gasteiger partial charge is 0.213 e. The molecule has 4 nitrogen and oxygen atoms in total. The van der Waals surface area contributed by atoms with E-state index in [1.54, 1.807) is 0 Å². The van der Waals surface area contributed by atoms with Crippen molar-refractivity contribution in [3.8, 4) is 0 Å². The average molecular weight is 209 g/mol. The Balaban J connectivity index is 1.88. The minimum atomic E-state index is 0.391. The van der Waals surface area contributed by atoms with E-state index in [0.717, 1.165) is 5.82 Å². The zero-order chi connectivity index (χ0) is 10.7. The zero-order valence-electron chi connectivity index (χ0n) is 9.49. The Labute approximate surface area is 90.4 Å². The summed E-state index contributed by atoms with van der Waals surface area (Å²) in [5, 5.41) is 7.33. The van der Waals surface area contributed by atoms with Crippen molar-refractivity contribution in [3.05, 3.63) is 12.2 Å². The molecule has 15 heavy (non-hydrogen) atoms. The Morgan fingerprint density at radius 3 is 3.07 bits per heavy atom. The van der Waals surface area contributed by atoms with Crippen LogP contribution in [0.5, 0.6) is 0 Å². The normalized spacial score (nSPS) is 25.3. The van der Waals surface area contributed by atoms with Crippen LogP contribution in [0.1, 0.15) is 45.4 Å². The number of hydrogen-bond donors (Lipinski definition) is 1. The van der Waals surface area contributed by atoms with Crippen LogP contribution in [-0.4, -0.2) is 16.2 Å². The summed E-state index contributed by atoms with van der Waals surface area (Å²) >= 11 is 0. The summed E-state index contributed by atoms with van der Waals surface area (Å²) in [6.07, 6.45) is 6.62. The van der Waals surface area contributed by atoms with Gasteiger partial charge in [0.25, 0.3) is 0 Å². The molecule has 84 valence electrons. The van der Waals surface area contributed by atoms with Crippen molar-refractivity contribution in [2.75, 3.05) is 0 Å². The quantitative estimate of drug-likeness (QED) is 0.828. The van der Waals surface area contributed by atoms with Crippen LogP contribution in [0, 0.1) is 5.41 Å². The minimum Gasteiger partial charge on any atom is -0.343 e. The summed E-state index contributed by atoms with van der Waals surface area (Å²) in [4.78, 5) is 4.01. The fraction of sp³-hybridized carbons (Fsp3) is 0.818. The Bertz CT molecular complexity index is 295. The third kappa shape index (κ3) is 2.56. The molecule has 1 N–H and O–H groups in total. The third-order valence-electron chi connectivity index (χ3n) is 3.42. The fourth-order valence-electron chi connectivity index (χ4n) is 2.36. The van der Waals surface area contributed by atoms with Crippen molar-refractivity contribution < 1.29 is 4.52 Å². The predicted molar refractivity (Wildman–Crippen MR) is 57.2 cm³/mol. The second-order valence-corrected chi connectivity index (χ2v) is 5.02. The summed E-state index contributed by atoms with van der Waals surface area (Å²) in [6, 6.07) is 0.574. The highest BCUT2D eigenvalue weighted by Crippen LogP contribution is 2.35. The fourth-order valence-corrected chi connectivity index (χ4v) is 2.36. The van der Waals surface area contributed by atoms with E-state index in [1.165, 1.54) is 32.1 Å². The van der Waals surface area contributed by atoms with Gasteiger partial charge in [0.1, 0.15) is 0 Å². The summed E-state index contributed by atoms with van der Waals surface area (Å²) in [6.45, 7) is 5.38. The Morgan fingerprint density at radius 2 is 2.40 bits per heavy atom. The first-order chi connectivity index (χ1) is 7.18. The van der Waals surface area contributed by atoms with E-state index in [-0.39, 0.29) is 0 Å². The number of nitrogens with zero attached hydrogens (tertiary/aromatic N) is 2. The maximum atomic E-state index is 4.71. The van der Waals surface area contributed by atoms with Gasteiger partial charge < -0.3 is 9.84 Å². The number of rotatable bonds is 3. The third-order valence-corrected chi connectivity index (χ3v) is 3.42. The lowest BCUT2D eigenvalue weighted by Crippen LogP contribution is -2.43. The van der Waals surface area contributed by atoms with Gasteiger partial charge in [0, 0.05) is 6.04 Å². The van der Waals surface area contributed by atoms with Gasteiger partial charge in [-0.2, -0.15) is 4.98 Å². The summed E-state index contributed by atoms with van der Waals surface area (Å²) in [5.74, 6) is 0.747. The second-order valence-electron chi connectivity index (χ2n) is 5.02. The lowest BCUT2D eigenvalue weighted by molar-refractivity contribution is 0.165. The standard InChI is InChI=1S/C11H19N3O/c1-11(2)6-4-3-5-9(11)12-7-10-13-8-15-14-10/h8-9,12H,3-7H2,1-2H3. The van der Waals surface area contributed by atoms with Crippen molar-refractivity contribution >= 4 is 0 Å². The highest BCUT2D eigenvalue weighted by Gasteiger charge is 2.31. The zero-order valence-corrected chi connectivity index (χ0v) is 9.49. The van der Waals surface area contributed by atoms with Crippen LogP contribution in [0.3, 0.4) is 0 Å². The van der Waals surface area contributed by atoms with Gasteiger partial charge in [-0.1, -0.05) is 31.8 Å². The molecule has 0 aliphatic heterocycles. The predicted octanol–water partition coefficient (Wildman–Crippen LogP) is 2.13. The monoisotopic (exact) mass is 209 g/mol. The van der Waals surface area contributed by atoms with E-state index in [4.69, 9.17) is 4.52 Å². The molecule has 1 fully saturated rings. The van der Waals surface area contributed by atoms with E-state index in [9.17, 15) is 0 Å². The van der Waals surface area contributed by atoms with Crippen LogP contribution < -0.4 is 5.32 Å². The lowest BCUT2D eigenvalue weighted by atomic mass is 9.73. The molecule has 0 spiro atoms. The molecular formula is C11H19N3O. The maximum Gasteiger partial charge on any atom is 0.213 e. The molecule has 0 bridgehead atoms. The highest BCUT2D eigenvalue weighted by atomic mass is 16.5. The molecule has 1 aromatic heterocycles. The van der Waals surface area contributed by atoms with Crippen LogP contribution in [-0.2, 0) is 6.54 Å². The van der Waals surface area contributed by atoms with Crippen LogP contribution in [0.4, 0.5) is 0 Å². The van der Waals surface area contributed by atoms with Crippen molar-refractivity contribution in [1.29, 1.82) is 0 Å². The summed E-state index contributed by atoms with van der Waals surface area (Å²) < 4.78 is 4.71. The summed E-state index contributed by atoms with van der Waals surface area (Å²) in [7, 11) is 0. The molecule has 1 heterocycles. The topological polar surface area (TPSA) is 51.0 Å².